The maximum atomic E-state index is 6.29. The van der Waals surface area contributed by atoms with E-state index in [1.165, 1.54) is 10.8 Å². The molecule has 0 saturated heterocycles. The third-order valence-electron chi connectivity index (χ3n) is 4.80. The van der Waals surface area contributed by atoms with Crippen LogP contribution in [0.5, 0.6) is 0 Å². The Morgan fingerprint density at radius 2 is 1.57 bits per heavy atom. The van der Waals surface area contributed by atoms with E-state index >= 15 is 0 Å². The maximum absolute atomic E-state index is 6.29. The average Bonchev–Trinajstić information content (AvgIpc) is 2.35. The van der Waals surface area contributed by atoms with Gasteiger partial charge in [0.1, 0.15) is 0 Å². The second-order valence-corrected chi connectivity index (χ2v) is 17.7. The van der Waals surface area contributed by atoms with E-state index in [-0.39, 0.29) is 5.04 Å². The molecule has 1 rings (SSSR count). The largest absolute Gasteiger partial charge is 0.413 e. The molecule has 0 bridgehead atoms. The second-order valence-electron chi connectivity index (χ2n) is 8.12. The highest BCUT2D eigenvalue weighted by molar-refractivity contribution is 6.90. The standard InChI is InChI=1S/C18H32OSi2/c1-9-14-20(5,6)17-12-10-16(11-13-17)15-19-21(7,8)18(2,3)4/h9-13H,1,14-15H2,2-8H3. The van der Waals surface area contributed by atoms with Crippen molar-refractivity contribution in [3.8, 4) is 0 Å². The Kier molecular flexibility index (Phi) is 5.81. The number of hydrogen-bond acceptors (Lipinski definition) is 1. The monoisotopic (exact) mass is 320 g/mol. The minimum absolute atomic E-state index is 0.270. The van der Waals surface area contributed by atoms with Crippen molar-refractivity contribution in [1.82, 2.24) is 0 Å². The summed E-state index contributed by atoms with van der Waals surface area (Å²) in [5.74, 6) is 0. The van der Waals surface area contributed by atoms with Crippen molar-refractivity contribution in [1.29, 1.82) is 0 Å². The summed E-state index contributed by atoms with van der Waals surface area (Å²) in [4.78, 5) is 0. The van der Waals surface area contributed by atoms with E-state index in [9.17, 15) is 0 Å². The summed E-state index contributed by atoms with van der Waals surface area (Å²) in [7, 11) is -3.00. The van der Waals surface area contributed by atoms with Crippen LogP contribution in [0.1, 0.15) is 26.3 Å². The summed E-state index contributed by atoms with van der Waals surface area (Å²) in [6.07, 6.45) is 2.06. The van der Waals surface area contributed by atoms with E-state index in [2.05, 4.69) is 83.9 Å². The maximum Gasteiger partial charge on any atom is 0.192 e. The minimum atomic E-state index is -1.66. The summed E-state index contributed by atoms with van der Waals surface area (Å²) in [5, 5.41) is 1.77. The summed E-state index contributed by atoms with van der Waals surface area (Å²) in [5.41, 5.74) is 1.28. The molecule has 3 heteroatoms. The van der Waals surface area contributed by atoms with Gasteiger partial charge in [0, 0.05) is 0 Å². The molecule has 0 aliphatic heterocycles. The van der Waals surface area contributed by atoms with Gasteiger partial charge >= 0.3 is 0 Å². The first-order valence-electron chi connectivity index (χ1n) is 7.84. The quantitative estimate of drug-likeness (QED) is 0.510. The molecule has 0 N–H and O–H groups in total. The Morgan fingerprint density at radius 1 is 1.05 bits per heavy atom. The molecule has 1 aromatic rings. The van der Waals surface area contributed by atoms with Gasteiger partial charge < -0.3 is 4.43 Å². The van der Waals surface area contributed by atoms with Crippen LogP contribution in [0.4, 0.5) is 0 Å². The van der Waals surface area contributed by atoms with Gasteiger partial charge in [-0.1, -0.05) is 69.4 Å². The van der Waals surface area contributed by atoms with E-state index in [4.69, 9.17) is 4.43 Å². The van der Waals surface area contributed by atoms with Gasteiger partial charge in [0.05, 0.1) is 14.7 Å². The van der Waals surface area contributed by atoms with Gasteiger partial charge in [0.2, 0.25) is 0 Å². The third-order valence-corrected chi connectivity index (χ3v) is 12.5. The molecular weight excluding hydrogens is 288 g/mol. The topological polar surface area (TPSA) is 9.23 Å². The normalized spacial score (nSPS) is 13.3. The molecule has 0 saturated carbocycles. The third kappa shape index (κ3) is 4.94. The molecule has 1 aromatic carbocycles. The molecule has 0 aliphatic carbocycles. The van der Waals surface area contributed by atoms with Crippen LogP contribution in [0, 0.1) is 0 Å². The number of allylic oxidation sites excluding steroid dienone is 1. The number of benzene rings is 1. The van der Waals surface area contributed by atoms with E-state index < -0.39 is 16.4 Å². The molecule has 0 spiro atoms. The van der Waals surface area contributed by atoms with Crippen LogP contribution in [0.25, 0.3) is 0 Å². The molecule has 0 amide bonds. The lowest BCUT2D eigenvalue weighted by atomic mass is 10.2. The smallest absolute Gasteiger partial charge is 0.192 e. The SMILES string of the molecule is C=CC[Si](C)(C)c1ccc(CO[Si](C)(C)C(C)(C)C)cc1. The summed E-state index contributed by atoms with van der Waals surface area (Å²) in [6, 6.07) is 10.2. The first-order chi connectivity index (χ1) is 9.49. The van der Waals surface area contributed by atoms with Crippen molar-refractivity contribution >= 4 is 21.6 Å². The van der Waals surface area contributed by atoms with E-state index in [0.717, 1.165) is 12.7 Å². The van der Waals surface area contributed by atoms with Crippen LogP contribution >= 0.6 is 0 Å². The van der Waals surface area contributed by atoms with Crippen molar-refractivity contribution < 1.29 is 4.43 Å². The highest BCUT2D eigenvalue weighted by Crippen LogP contribution is 2.37. The van der Waals surface area contributed by atoms with Crippen molar-refractivity contribution in [2.24, 2.45) is 0 Å². The minimum Gasteiger partial charge on any atom is -0.413 e. The molecule has 0 fully saturated rings. The van der Waals surface area contributed by atoms with Gasteiger partial charge in [-0.3, -0.25) is 0 Å². The van der Waals surface area contributed by atoms with Crippen LogP contribution in [-0.4, -0.2) is 16.4 Å². The summed E-state index contributed by atoms with van der Waals surface area (Å²) >= 11 is 0. The fourth-order valence-electron chi connectivity index (χ4n) is 2.01. The van der Waals surface area contributed by atoms with E-state index in [1.807, 2.05) is 0 Å². The Morgan fingerprint density at radius 3 is 2.00 bits per heavy atom. The van der Waals surface area contributed by atoms with Crippen molar-refractivity contribution in [2.45, 2.75) is 64.6 Å². The molecule has 0 heterocycles. The molecule has 118 valence electrons. The van der Waals surface area contributed by atoms with Crippen LogP contribution in [0.3, 0.4) is 0 Å². The lowest BCUT2D eigenvalue weighted by Gasteiger charge is -2.36. The fraction of sp³-hybridized carbons (Fsp3) is 0.556. The van der Waals surface area contributed by atoms with E-state index in [1.54, 1.807) is 0 Å². The zero-order valence-corrected chi connectivity index (χ0v) is 16.9. The summed E-state index contributed by atoms with van der Waals surface area (Å²) in [6.45, 7) is 20.9. The van der Waals surface area contributed by atoms with Gasteiger partial charge in [-0.05, 0) is 29.7 Å². The molecule has 0 unspecified atom stereocenters. The zero-order chi connectivity index (χ0) is 16.3. The molecule has 0 aliphatic rings. The molecule has 0 atom stereocenters. The lowest BCUT2D eigenvalue weighted by molar-refractivity contribution is 0.276. The van der Waals surface area contributed by atoms with Gasteiger partial charge in [-0.15, -0.1) is 6.58 Å². The first kappa shape index (κ1) is 18.4. The molecule has 1 nitrogen and oxygen atoms in total. The summed E-state index contributed by atoms with van der Waals surface area (Å²) < 4.78 is 6.29. The van der Waals surface area contributed by atoms with Crippen molar-refractivity contribution in [3.05, 3.63) is 42.5 Å². The Balaban J connectivity index is 2.74. The number of hydrogen-bond donors (Lipinski definition) is 0. The number of rotatable bonds is 6. The predicted molar refractivity (Wildman–Crippen MR) is 101 cm³/mol. The molecule has 0 radical (unpaired) electrons. The van der Waals surface area contributed by atoms with Crippen molar-refractivity contribution in [3.63, 3.8) is 0 Å². The van der Waals surface area contributed by atoms with Crippen LogP contribution in [0.15, 0.2) is 36.9 Å². The van der Waals surface area contributed by atoms with Crippen LogP contribution < -0.4 is 5.19 Å². The molecule has 0 aromatic heterocycles. The Hall–Kier alpha value is -0.646. The fourth-order valence-corrected chi connectivity index (χ4v) is 5.00. The van der Waals surface area contributed by atoms with Crippen LogP contribution in [-0.2, 0) is 11.0 Å². The van der Waals surface area contributed by atoms with Crippen molar-refractivity contribution in [2.75, 3.05) is 0 Å². The lowest BCUT2D eigenvalue weighted by Crippen LogP contribution is -2.41. The highest BCUT2D eigenvalue weighted by Gasteiger charge is 2.37. The zero-order valence-electron chi connectivity index (χ0n) is 14.9. The first-order valence-corrected chi connectivity index (χ1v) is 14.0. The second kappa shape index (κ2) is 6.63. The van der Waals surface area contributed by atoms with Gasteiger partial charge in [-0.2, -0.15) is 0 Å². The van der Waals surface area contributed by atoms with Gasteiger partial charge in [0.15, 0.2) is 8.32 Å². The highest BCUT2D eigenvalue weighted by atomic mass is 28.4. The predicted octanol–water partition coefficient (Wildman–Crippen LogP) is 5.31. The molecule has 21 heavy (non-hydrogen) atoms. The average molecular weight is 321 g/mol. The Bertz CT molecular complexity index is 467. The Labute approximate surface area is 133 Å². The van der Waals surface area contributed by atoms with E-state index in [0.29, 0.717) is 0 Å². The molecular formula is C18H32OSi2. The van der Waals surface area contributed by atoms with Gasteiger partial charge in [-0.25, -0.2) is 0 Å². The van der Waals surface area contributed by atoms with Crippen LogP contribution in [0.2, 0.25) is 37.3 Å². The van der Waals surface area contributed by atoms with Gasteiger partial charge in [0.25, 0.3) is 0 Å².